The van der Waals surface area contributed by atoms with Gasteiger partial charge in [0.2, 0.25) is 5.91 Å². The zero-order chi connectivity index (χ0) is 17.2. The van der Waals surface area contributed by atoms with Crippen molar-refractivity contribution in [1.82, 2.24) is 0 Å². The summed E-state index contributed by atoms with van der Waals surface area (Å²) >= 11 is 0. The van der Waals surface area contributed by atoms with Gasteiger partial charge in [-0.2, -0.15) is 0 Å². The highest BCUT2D eigenvalue weighted by atomic mass is 32.2. The number of anilines is 1. The lowest BCUT2D eigenvalue weighted by atomic mass is 10.3. The number of nitrogens with one attached hydrogen (secondary N) is 1. The van der Waals surface area contributed by atoms with Crippen LogP contribution in [0.3, 0.4) is 0 Å². The van der Waals surface area contributed by atoms with Gasteiger partial charge in [0, 0.05) is 11.8 Å². The lowest BCUT2D eigenvalue weighted by molar-refractivity contribution is -0.115. The molecule has 0 bridgehead atoms. The fourth-order valence-electron chi connectivity index (χ4n) is 1.84. The third-order valence-electron chi connectivity index (χ3n) is 3.11. The number of hydrogen-bond donors (Lipinski definition) is 1. The molecular formula is C15H12F3NO3S. The number of hydrogen-bond acceptors (Lipinski definition) is 3. The number of benzene rings is 2. The number of halogens is 3. The average molecular weight is 343 g/mol. The van der Waals surface area contributed by atoms with Gasteiger partial charge < -0.3 is 5.32 Å². The van der Waals surface area contributed by atoms with E-state index in [9.17, 15) is 26.4 Å². The maximum Gasteiger partial charge on any atom is 0.242 e. The van der Waals surface area contributed by atoms with Crippen LogP contribution in [0.15, 0.2) is 47.4 Å². The van der Waals surface area contributed by atoms with Crippen molar-refractivity contribution in [2.45, 2.75) is 17.1 Å². The maximum absolute atomic E-state index is 13.1. The Labute approximate surface area is 130 Å². The standard InChI is InChI=1S/C15H12F3NO3S/c1-9(23(21,22)14-4-2-10(16)3-5-14)15(20)19-13-7-11(17)6-12(18)8-13/h2-9H,1H3,(H,19,20). The van der Waals surface area contributed by atoms with E-state index >= 15 is 0 Å². The second kappa shape index (κ2) is 6.41. The molecule has 0 saturated carbocycles. The zero-order valence-corrected chi connectivity index (χ0v) is 12.7. The lowest BCUT2D eigenvalue weighted by Crippen LogP contribution is -2.32. The highest BCUT2D eigenvalue weighted by molar-refractivity contribution is 7.92. The minimum Gasteiger partial charge on any atom is -0.325 e. The summed E-state index contributed by atoms with van der Waals surface area (Å²) in [7, 11) is -4.06. The van der Waals surface area contributed by atoms with Crippen molar-refractivity contribution < 1.29 is 26.4 Å². The monoisotopic (exact) mass is 343 g/mol. The molecular weight excluding hydrogens is 331 g/mol. The summed E-state index contributed by atoms with van der Waals surface area (Å²) in [6.07, 6.45) is 0. The first-order chi connectivity index (χ1) is 10.7. The molecule has 0 heterocycles. The molecule has 2 aromatic carbocycles. The van der Waals surface area contributed by atoms with Gasteiger partial charge in [-0.05, 0) is 43.3 Å². The van der Waals surface area contributed by atoms with Crippen LogP contribution in [0.1, 0.15) is 6.92 Å². The van der Waals surface area contributed by atoms with Crippen LogP contribution in [0.4, 0.5) is 18.9 Å². The van der Waals surface area contributed by atoms with Gasteiger partial charge in [-0.25, -0.2) is 21.6 Å². The van der Waals surface area contributed by atoms with E-state index < -0.39 is 38.4 Å². The molecule has 0 spiro atoms. The van der Waals surface area contributed by atoms with Gasteiger partial charge in [0.05, 0.1) is 4.90 Å². The van der Waals surface area contributed by atoms with Crippen LogP contribution in [0.2, 0.25) is 0 Å². The first-order valence-corrected chi connectivity index (χ1v) is 8.01. The number of sulfone groups is 1. The summed E-state index contributed by atoms with van der Waals surface area (Å²) in [6, 6.07) is 6.33. The van der Waals surface area contributed by atoms with E-state index in [2.05, 4.69) is 5.32 Å². The first-order valence-electron chi connectivity index (χ1n) is 6.46. The molecule has 0 saturated heterocycles. The quantitative estimate of drug-likeness (QED) is 0.868. The predicted octanol–water partition coefficient (Wildman–Crippen LogP) is 2.90. The number of amides is 1. The minimum atomic E-state index is -4.06. The van der Waals surface area contributed by atoms with E-state index in [0.717, 1.165) is 43.3 Å². The van der Waals surface area contributed by atoms with Crippen LogP contribution in [-0.2, 0) is 14.6 Å². The largest absolute Gasteiger partial charge is 0.325 e. The molecule has 2 rings (SSSR count). The number of carbonyl (C=O) groups is 1. The number of rotatable bonds is 4. The van der Waals surface area contributed by atoms with Gasteiger partial charge in [-0.1, -0.05) is 0 Å². The van der Waals surface area contributed by atoms with E-state index in [1.54, 1.807) is 0 Å². The van der Waals surface area contributed by atoms with Crippen molar-refractivity contribution >= 4 is 21.4 Å². The molecule has 1 unspecified atom stereocenters. The first kappa shape index (κ1) is 17.0. The normalized spacial score (nSPS) is 12.7. The van der Waals surface area contributed by atoms with Crippen LogP contribution >= 0.6 is 0 Å². The van der Waals surface area contributed by atoms with Gasteiger partial charge in [0.1, 0.15) is 22.7 Å². The zero-order valence-electron chi connectivity index (χ0n) is 11.9. The van der Waals surface area contributed by atoms with E-state index in [-0.39, 0.29) is 10.6 Å². The molecule has 23 heavy (non-hydrogen) atoms. The van der Waals surface area contributed by atoms with E-state index in [1.807, 2.05) is 0 Å². The Morgan fingerprint density at radius 3 is 2.00 bits per heavy atom. The lowest BCUT2D eigenvalue weighted by Gasteiger charge is -2.13. The van der Waals surface area contributed by atoms with Crippen LogP contribution in [0, 0.1) is 17.5 Å². The van der Waals surface area contributed by atoms with Gasteiger partial charge in [0.15, 0.2) is 9.84 Å². The van der Waals surface area contributed by atoms with Crippen molar-refractivity contribution in [2.75, 3.05) is 5.32 Å². The molecule has 0 aliphatic rings. The van der Waals surface area contributed by atoms with Crippen molar-refractivity contribution in [3.05, 3.63) is 59.9 Å². The summed E-state index contributed by atoms with van der Waals surface area (Å²) in [5, 5.41) is 0.610. The van der Waals surface area contributed by atoms with E-state index in [1.165, 1.54) is 0 Å². The Morgan fingerprint density at radius 1 is 0.957 bits per heavy atom. The highest BCUT2D eigenvalue weighted by Crippen LogP contribution is 2.19. The summed E-state index contributed by atoms with van der Waals surface area (Å²) in [5.74, 6) is -3.39. The van der Waals surface area contributed by atoms with Crippen LogP contribution in [0.5, 0.6) is 0 Å². The predicted molar refractivity (Wildman–Crippen MR) is 78.0 cm³/mol. The molecule has 2 aromatic rings. The van der Waals surface area contributed by atoms with Crippen LogP contribution < -0.4 is 5.32 Å². The van der Waals surface area contributed by atoms with Crippen LogP contribution in [0.25, 0.3) is 0 Å². The van der Waals surface area contributed by atoms with Crippen molar-refractivity contribution in [2.24, 2.45) is 0 Å². The van der Waals surface area contributed by atoms with Gasteiger partial charge in [0.25, 0.3) is 0 Å². The summed E-state index contributed by atoms with van der Waals surface area (Å²) in [6.45, 7) is 1.13. The molecule has 0 aliphatic heterocycles. The molecule has 4 nitrogen and oxygen atoms in total. The Morgan fingerprint density at radius 2 is 1.48 bits per heavy atom. The van der Waals surface area contributed by atoms with Gasteiger partial charge in [-0.3, -0.25) is 4.79 Å². The van der Waals surface area contributed by atoms with Crippen molar-refractivity contribution in [3.8, 4) is 0 Å². The molecule has 1 amide bonds. The fourth-order valence-corrected chi connectivity index (χ4v) is 3.10. The van der Waals surface area contributed by atoms with Crippen molar-refractivity contribution in [1.29, 1.82) is 0 Å². The fraction of sp³-hybridized carbons (Fsp3) is 0.133. The minimum absolute atomic E-state index is 0.200. The molecule has 0 radical (unpaired) electrons. The Balaban J connectivity index is 2.23. The maximum atomic E-state index is 13.1. The molecule has 1 N–H and O–H groups in total. The summed E-state index contributed by atoms with van der Waals surface area (Å²) in [5.41, 5.74) is -0.200. The van der Waals surface area contributed by atoms with E-state index in [4.69, 9.17) is 0 Å². The summed E-state index contributed by atoms with van der Waals surface area (Å²) in [4.78, 5) is 11.8. The molecule has 0 aromatic heterocycles. The second-order valence-electron chi connectivity index (χ2n) is 4.79. The molecule has 122 valence electrons. The van der Waals surface area contributed by atoms with Gasteiger partial charge in [-0.15, -0.1) is 0 Å². The second-order valence-corrected chi connectivity index (χ2v) is 7.06. The van der Waals surface area contributed by atoms with E-state index in [0.29, 0.717) is 6.07 Å². The SMILES string of the molecule is CC(C(=O)Nc1cc(F)cc(F)c1)S(=O)(=O)c1ccc(F)cc1. The summed E-state index contributed by atoms with van der Waals surface area (Å²) < 4.78 is 63.6. The average Bonchev–Trinajstić information content (AvgIpc) is 2.45. The third-order valence-corrected chi connectivity index (χ3v) is 5.18. The number of carbonyl (C=O) groups excluding carboxylic acids is 1. The van der Waals surface area contributed by atoms with Crippen LogP contribution in [-0.4, -0.2) is 19.6 Å². The molecule has 1 atom stereocenters. The van der Waals surface area contributed by atoms with Crippen molar-refractivity contribution in [3.63, 3.8) is 0 Å². The third kappa shape index (κ3) is 3.89. The Kier molecular flexibility index (Phi) is 4.74. The molecule has 8 heteroatoms. The van der Waals surface area contributed by atoms with Gasteiger partial charge >= 0.3 is 0 Å². The molecule has 0 fully saturated rings. The Hall–Kier alpha value is -2.35. The topological polar surface area (TPSA) is 63.2 Å². The smallest absolute Gasteiger partial charge is 0.242 e. The molecule has 0 aliphatic carbocycles. The highest BCUT2D eigenvalue weighted by Gasteiger charge is 2.30. The Bertz CT molecular complexity index is 815.